The molecule has 0 radical (unpaired) electrons. The van der Waals surface area contributed by atoms with Crippen molar-refractivity contribution >= 4 is 33.1 Å². The zero-order chi connectivity index (χ0) is 22.9. The van der Waals surface area contributed by atoms with Gasteiger partial charge in [-0.3, -0.25) is 18.7 Å². The quantitative estimate of drug-likeness (QED) is 0.457. The number of aromatic nitrogens is 2. The van der Waals surface area contributed by atoms with Crippen molar-refractivity contribution in [3.8, 4) is 5.75 Å². The van der Waals surface area contributed by atoms with Crippen molar-refractivity contribution in [2.24, 2.45) is 0 Å². The van der Waals surface area contributed by atoms with Gasteiger partial charge in [0, 0.05) is 17.8 Å². The molecule has 0 N–H and O–H groups in total. The predicted molar refractivity (Wildman–Crippen MR) is 130 cm³/mol. The Morgan fingerprint density at radius 2 is 1.82 bits per heavy atom. The smallest absolute Gasteiger partial charge is 0.332 e. The molecule has 0 saturated carbocycles. The van der Waals surface area contributed by atoms with Crippen molar-refractivity contribution in [3.05, 3.63) is 91.9 Å². The van der Waals surface area contributed by atoms with Gasteiger partial charge in [-0.1, -0.05) is 36.4 Å². The van der Waals surface area contributed by atoms with Crippen molar-refractivity contribution in [2.45, 2.75) is 25.9 Å². The number of amides is 1. The zero-order valence-corrected chi connectivity index (χ0v) is 19.0. The zero-order valence-electron chi connectivity index (χ0n) is 18.2. The number of ether oxygens (including phenoxy) is 1. The number of rotatable bonds is 5. The lowest BCUT2D eigenvalue weighted by atomic mass is 10.0. The second kappa shape index (κ2) is 8.71. The number of hydrogen-bond acceptors (Lipinski definition) is 5. The summed E-state index contributed by atoms with van der Waals surface area (Å²) in [5, 5.41) is 1.77. The molecule has 0 bridgehead atoms. The Hall–Kier alpha value is -3.65. The minimum atomic E-state index is -0.504. The monoisotopic (exact) mass is 461 g/mol. The summed E-state index contributed by atoms with van der Waals surface area (Å²) < 4.78 is 8.46. The Balaban J connectivity index is 1.57. The van der Waals surface area contributed by atoms with Gasteiger partial charge in [0.1, 0.15) is 17.0 Å². The fraction of sp³-hybridized carbons (Fsp3) is 0.240. The van der Waals surface area contributed by atoms with Gasteiger partial charge in [-0.05, 0) is 42.0 Å². The molecule has 1 aliphatic rings. The number of methoxy groups -OCH3 is 1. The van der Waals surface area contributed by atoms with Gasteiger partial charge in [0.05, 0.1) is 19.2 Å². The number of thiophene rings is 1. The maximum absolute atomic E-state index is 13.5. The predicted octanol–water partition coefficient (Wildman–Crippen LogP) is 3.26. The molecule has 8 heteroatoms. The Morgan fingerprint density at radius 3 is 2.67 bits per heavy atom. The Labute approximate surface area is 194 Å². The number of aryl methyl sites for hydroxylation is 1. The first kappa shape index (κ1) is 21.2. The minimum absolute atomic E-state index is 0.0657. The molecule has 2 aromatic carbocycles. The summed E-state index contributed by atoms with van der Waals surface area (Å²) in [4.78, 5) is 41.7. The molecule has 3 heterocycles. The lowest BCUT2D eigenvalue weighted by Crippen LogP contribution is -2.44. The van der Waals surface area contributed by atoms with Crippen molar-refractivity contribution in [1.29, 1.82) is 0 Å². The molecule has 4 aromatic rings. The first-order valence-electron chi connectivity index (χ1n) is 10.8. The van der Waals surface area contributed by atoms with Gasteiger partial charge in [-0.25, -0.2) is 4.79 Å². The van der Waals surface area contributed by atoms with E-state index in [2.05, 4.69) is 0 Å². The Bertz CT molecular complexity index is 1470. The molecule has 1 aliphatic heterocycles. The van der Waals surface area contributed by atoms with E-state index in [9.17, 15) is 14.4 Å². The summed E-state index contributed by atoms with van der Waals surface area (Å²) >= 11 is 1.27. The molecule has 168 valence electrons. The van der Waals surface area contributed by atoms with Crippen LogP contribution < -0.4 is 20.9 Å². The average molecular weight is 462 g/mol. The summed E-state index contributed by atoms with van der Waals surface area (Å²) in [5.74, 6) is 0.432. The maximum Gasteiger partial charge on any atom is 0.332 e. The molecule has 5 rings (SSSR count). The molecular formula is C25H23N3O4S. The first-order valence-corrected chi connectivity index (χ1v) is 11.7. The van der Waals surface area contributed by atoms with Crippen LogP contribution in [0.3, 0.4) is 0 Å². The summed E-state index contributed by atoms with van der Waals surface area (Å²) in [6.07, 6.45) is 1.80. The third kappa shape index (κ3) is 3.76. The summed E-state index contributed by atoms with van der Waals surface area (Å²) in [6.45, 7) is 0.543. The van der Waals surface area contributed by atoms with Crippen molar-refractivity contribution in [3.63, 3.8) is 0 Å². The van der Waals surface area contributed by atoms with Gasteiger partial charge in [0.25, 0.3) is 5.56 Å². The standard InChI is InChI=1S/C25H23N3O4S/c1-32-21-11-5-3-8-18(21)15-28-24(30)23-20(12-14-33-23)27(25(28)31)16-22(29)26-13-6-9-17-7-2-4-10-19(17)26/h2-5,7-8,10-12,14H,6,9,13,15-16H2,1H3. The second-order valence-corrected chi connectivity index (χ2v) is 8.90. The molecule has 1 amide bonds. The SMILES string of the molecule is COc1ccccc1Cn1c(=O)c2sccc2n(CC(=O)N2CCCc3ccccc32)c1=O. The van der Waals surface area contributed by atoms with Crippen LogP contribution in [0.25, 0.3) is 10.2 Å². The Morgan fingerprint density at radius 1 is 1.03 bits per heavy atom. The highest BCUT2D eigenvalue weighted by molar-refractivity contribution is 7.17. The molecular weight excluding hydrogens is 438 g/mol. The van der Waals surface area contributed by atoms with Gasteiger partial charge in [-0.2, -0.15) is 0 Å². The van der Waals surface area contributed by atoms with E-state index in [1.165, 1.54) is 20.5 Å². The number of nitrogens with zero attached hydrogens (tertiary/aromatic N) is 3. The van der Waals surface area contributed by atoms with E-state index in [-0.39, 0.29) is 24.6 Å². The number of fused-ring (bicyclic) bond motifs is 2. The van der Waals surface area contributed by atoms with Crippen LogP contribution in [0.1, 0.15) is 17.5 Å². The summed E-state index contributed by atoms with van der Waals surface area (Å²) in [7, 11) is 1.55. The number of carbonyl (C=O) groups excluding carboxylic acids is 1. The van der Waals surface area contributed by atoms with Gasteiger partial charge in [0.2, 0.25) is 5.91 Å². The number of hydrogen-bond donors (Lipinski definition) is 0. The highest BCUT2D eigenvalue weighted by atomic mass is 32.1. The largest absolute Gasteiger partial charge is 0.496 e. The lowest BCUT2D eigenvalue weighted by molar-refractivity contribution is -0.119. The molecule has 0 atom stereocenters. The number of carbonyl (C=O) groups is 1. The molecule has 0 saturated heterocycles. The highest BCUT2D eigenvalue weighted by Crippen LogP contribution is 2.27. The third-order valence-electron chi connectivity index (χ3n) is 6.06. The molecule has 0 unspecified atom stereocenters. The van der Waals surface area contributed by atoms with E-state index in [1.807, 2.05) is 42.5 Å². The van der Waals surface area contributed by atoms with E-state index >= 15 is 0 Å². The van der Waals surface area contributed by atoms with Crippen molar-refractivity contribution in [2.75, 3.05) is 18.6 Å². The van der Waals surface area contributed by atoms with E-state index < -0.39 is 5.69 Å². The first-order chi connectivity index (χ1) is 16.1. The number of anilines is 1. The molecule has 0 fully saturated rings. The molecule has 0 spiro atoms. The van der Waals surface area contributed by atoms with Crippen LogP contribution in [0, 0.1) is 0 Å². The van der Waals surface area contributed by atoms with E-state index in [4.69, 9.17) is 4.74 Å². The van der Waals surface area contributed by atoms with Crippen molar-refractivity contribution in [1.82, 2.24) is 9.13 Å². The normalized spacial score (nSPS) is 13.2. The fourth-order valence-electron chi connectivity index (χ4n) is 4.44. The maximum atomic E-state index is 13.5. The topological polar surface area (TPSA) is 73.5 Å². The lowest BCUT2D eigenvalue weighted by Gasteiger charge is -2.29. The van der Waals surface area contributed by atoms with Gasteiger partial charge in [0.15, 0.2) is 0 Å². The molecule has 7 nitrogen and oxygen atoms in total. The summed E-state index contributed by atoms with van der Waals surface area (Å²) in [5.41, 5.74) is 2.37. The Kier molecular flexibility index (Phi) is 5.60. The van der Waals surface area contributed by atoms with E-state index in [1.54, 1.807) is 29.5 Å². The van der Waals surface area contributed by atoms with Crippen molar-refractivity contribution < 1.29 is 9.53 Å². The van der Waals surface area contributed by atoms with Crippen LogP contribution in [0.2, 0.25) is 0 Å². The summed E-state index contributed by atoms with van der Waals surface area (Å²) in [6, 6.07) is 16.9. The van der Waals surface area contributed by atoms with E-state index in [0.717, 1.165) is 29.7 Å². The average Bonchev–Trinajstić information content (AvgIpc) is 3.34. The highest BCUT2D eigenvalue weighted by Gasteiger charge is 2.24. The number of para-hydroxylation sites is 2. The molecule has 2 aromatic heterocycles. The van der Waals surface area contributed by atoms with E-state index in [0.29, 0.717) is 22.5 Å². The minimum Gasteiger partial charge on any atom is -0.496 e. The molecule has 0 aliphatic carbocycles. The van der Waals surface area contributed by atoms with Crippen LogP contribution in [0.5, 0.6) is 5.75 Å². The van der Waals surface area contributed by atoms with Crippen LogP contribution in [0.15, 0.2) is 69.6 Å². The van der Waals surface area contributed by atoms with Crippen LogP contribution in [-0.4, -0.2) is 28.7 Å². The van der Waals surface area contributed by atoms with Crippen LogP contribution >= 0.6 is 11.3 Å². The van der Waals surface area contributed by atoms with Crippen LogP contribution in [0.4, 0.5) is 5.69 Å². The van der Waals surface area contributed by atoms with Gasteiger partial charge in [-0.15, -0.1) is 11.3 Å². The second-order valence-electron chi connectivity index (χ2n) is 7.98. The molecule has 33 heavy (non-hydrogen) atoms. The van der Waals surface area contributed by atoms with Gasteiger partial charge < -0.3 is 9.64 Å². The third-order valence-corrected chi connectivity index (χ3v) is 6.95. The fourth-order valence-corrected chi connectivity index (χ4v) is 5.29. The number of benzene rings is 2. The van der Waals surface area contributed by atoms with Gasteiger partial charge >= 0.3 is 5.69 Å². The van der Waals surface area contributed by atoms with Crippen LogP contribution in [-0.2, 0) is 24.3 Å².